The van der Waals surface area contributed by atoms with Crippen LogP contribution in [-0.4, -0.2) is 45.7 Å². The molecule has 6 nitrogen and oxygen atoms in total. The normalized spacial score (nSPS) is 20.8. The van der Waals surface area contributed by atoms with E-state index in [4.69, 9.17) is 9.98 Å². The van der Waals surface area contributed by atoms with Crippen molar-refractivity contribution in [2.24, 2.45) is 10.9 Å². The fourth-order valence-electron chi connectivity index (χ4n) is 6.08. The number of aliphatic hydroxyl groups is 2. The Morgan fingerprint density at radius 3 is 2.70 bits per heavy atom. The van der Waals surface area contributed by atoms with Gasteiger partial charge in [0.15, 0.2) is 0 Å². The van der Waals surface area contributed by atoms with Gasteiger partial charge in [-0.1, -0.05) is 25.3 Å². The van der Waals surface area contributed by atoms with Crippen molar-refractivity contribution in [3.8, 4) is 11.1 Å². The van der Waals surface area contributed by atoms with E-state index in [9.17, 15) is 10.2 Å². The summed E-state index contributed by atoms with van der Waals surface area (Å²) in [4.78, 5) is 11.8. The number of imidazole rings is 1. The van der Waals surface area contributed by atoms with Crippen LogP contribution in [0.1, 0.15) is 55.7 Å². The van der Waals surface area contributed by atoms with Crippen LogP contribution in [-0.2, 0) is 13.0 Å². The van der Waals surface area contributed by atoms with Crippen LogP contribution in [0.2, 0.25) is 0 Å². The number of benzene rings is 2. The number of aliphatic imine (C=N–C) groups is 1. The van der Waals surface area contributed by atoms with E-state index in [2.05, 4.69) is 33.7 Å². The van der Waals surface area contributed by atoms with Gasteiger partial charge in [0.05, 0.1) is 29.7 Å². The van der Waals surface area contributed by atoms with Gasteiger partial charge in [0, 0.05) is 61.1 Å². The Kier molecular flexibility index (Phi) is 5.43. The van der Waals surface area contributed by atoms with Crippen molar-refractivity contribution >= 4 is 28.6 Å². The zero-order valence-electron chi connectivity index (χ0n) is 19.1. The lowest BCUT2D eigenvalue weighted by Gasteiger charge is -2.25. The van der Waals surface area contributed by atoms with Gasteiger partial charge in [-0.05, 0) is 48.6 Å². The average molecular weight is 445 g/mol. The van der Waals surface area contributed by atoms with Gasteiger partial charge in [-0.3, -0.25) is 4.99 Å². The van der Waals surface area contributed by atoms with E-state index in [0.717, 1.165) is 65.1 Å². The highest BCUT2D eigenvalue weighted by molar-refractivity contribution is 5.93. The second-order valence-corrected chi connectivity index (χ2v) is 9.85. The van der Waals surface area contributed by atoms with E-state index in [0.29, 0.717) is 12.0 Å². The third kappa shape index (κ3) is 3.56. The molecule has 0 radical (unpaired) electrons. The lowest BCUT2D eigenvalue weighted by Crippen LogP contribution is -2.22. The highest BCUT2D eigenvalue weighted by Gasteiger charge is 2.28. The number of hydrogen-bond donors (Lipinski definition) is 2. The maximum absolute atomic E-state index is 10.3. The van der Waals surface area contributed by atoms with Crippen molar-refractivity contribution in [3.63, 3.8) is 0 Å². The molecule has 172 valence electrons. The lowest BCUT2D eigenvalue weighted by atomic mass is 9.93. The fourth-order valence-corrected chi connectivity index (χ4v) is 6.08. The number of rotatable bonds is 5. The number of hydrogen-bond acceptors (Lipinski definition) is 5. The summed E-state index contributed by atoms with van der Waals surface area (Å²) in [5, 5.41) is 19.9. The summed E-state index contributed by atoms with van der Waals surface area (Å²) >= 11 is 0. The molecule has 2 N–H and O–H groups in total. The van der Waals surface area contributed by atoms with Crippen LogP contribution in [0.25, 0.3) is 22.2 Å². The Hall–Kier alpha value is -2.70. The molecule has 2 fully saturated rings. The molecule has 33 heavy (non-hydrogen) atoms. The maximum atomic E-state index is 10.3. The summed E-state index contributed by atoms with van der Waals surface area (Å²) in [7, 11) is 0. The first kappa shape index (κ1) is 20.9. The molecule has 2 aromatic carbocycles. The predicted molar refractivity (Wildman–Crippen MR) is 132 cm³/mol. The fraction of sp³-hybridized carbons (Fsp3) is 0.481. The van der Waals surface area contributed by atoms with E-state index in [1.54, 1.807) is 0 Å². The van der Waals surface area contributed by atoms with E-state index >= 15 is 0 Å². The molecule has 6 rings (SSSR count). The minimum Gasteiger partial charge on any atom is -0.396 e. The van der Waals surface area contributed by atoms with Crippen molar-refractivity contribution < 1.29 is 10.2 Å². The van der Waals surface area contributed by atoms with Gasteiger partial charge in [-0.25, -0.2) is 4.98 Å². The van der Waals surface area contributed by atoms with Crippen LogP contribution < -0.4 is 4.90 Å². The van der Waals surface area contributed by atoms with Gasteiger partial charge < -0.3 is 19.7 Å². The topological polar surface area (TPSA) is 73.9 Å². The highest BCUT2D eigenvalue weighted by Crippen LogP contribution is 2.44. The third-order valence-corrected chi connectivity index (χ3v) is 7.91. The van der Waals surface area contributed by atoms with Crippen molar-refractivity contribution in [1.82, 2.24) is 9.55 Å². The van der Waals surface area contributed by atoms with Gasteiger partial charge in [0.1, 0.15) is 0 Å². The van der Waals surface area contributed by atoms with Crippen LogP contribution in [0.3, 0.4) is 0 Å². The van der Waals surface area contributed by atoms with Crippen molar-refractivity contribution in [1.29, 1.82) is 0 Å². The van der Waals surface area contributed by atoms with Crippen LogP contribution in [0.15, 0.2) is 35.6 Å². The molecule has 3 aliphatic rings. The van der Waals surface area contributed by atoms with Crippen molar-refractivity contribution in [2.45, 2.75) is 57.6 Å². The van der Waals surface area contributed by atoms with Gasteiger partial charge in [-0.15, -0.1) is 0 Å². The second kappa shape index (κ2) is 8.58. The molecule has 3 heterocycles. The minimum absolute atomic E-state index is 0.00638. The molecule has 1 aliphatic carbocycles. The Morgan fingerprint density at radius 1 is 1.03 bits per heavy atom. The van der Waals surface area contributed by atoms with Gasteiger partial charge in [-0.2, -0.15) is 0 Å². The summed E-state index contributed by atoms with van der Waals surface area (Å²) in [6.07, 6.45) is 12.1. The smallest absolute Gasteiger partial charge is 0.0960 e. The third-order valence-electron chi connectivity index (χ3n) is 7.91. The largest absolute Gasteiger partial charge is 0.396 e. The molecule has 6 heteroatoms. The molecule has 1 aromatic heterocycles. The number of aromatic nitrogens is 2. The van der Waals surface area contributed by atoms with Gasteiger partial charge in [0.25, 0.3) is 0 Å². The number of fused-ring (bicyclic) bond motifs is 2. The van der Waals surface area contributed by atoms with Gasteiger partial charge >= 0.3 is 0 Å². The molecule has 1 atom stereocenters. The molecule has 0 unspecified atom stereocenters. The van der Waals surface area contributed by atoms with E-state index in [1.165, 1.54) is 37.6 Å². The maximum Gasteiger partial charge on any atom is 0.0960 e. The molecule has 3 aromatic rings. The Bertz CT molecular complexity index is 1210. The molecule has 0 amide bonds. The summed E-state index contributed by atoms with van der Waals surface area (Å²) < 4.78 is 2.38. The summed E-state index contributed by atoms with van der Waals surface area (Å²) in [5.74, 6) is 0.296. The molecule has 0 spiro atoms. The van der Waals surface area contributed by atoms with Crippen LogP contribution in [0.4, 0.5) is 11.4 Å². The van der Waals surface area contributed by atoms with Crippen LogP contribution in [0, 0.1) is 5.92 Å². The molecule has 2 aliphatic heterocycles. The molecule has 1 saturated carbocycles. The Labute approximate surface area is 194 Å². The van der Waals surface area contributed by atoms with Crippen molar-refractivity contribution in [2.75, 3.05) is 24.6 Å². The minimum atomic E-state index is 0.00638. The Balaban J connectivity index is 1.43. The average Bonchev–Trinajstić information content (AvgIpc) is 3.62. The lowest BCUT2D eigenvalue weighted by molar-refractivity contribution is 0.238. The zero-order chi connectivity index (χ0) is 22.4. The summed E-state index contributed by atoms with van der Waals surface area (Å²) in [5.41, 5.74) is 8.64. The SMILES string of the molecule is OCc1c(N2CC[C@H](CO)C2)cc(-c2ccc3c(c2)ncn3C2CCCCC2)c2c1CC=N2. The first-order valence-corrected chi connectivity index (χ1v) is 12.4. The van der Waals surface area contributed by atoms with Crippen LogP contribution >= 0.6 is 0 Å². The molecular formula is C27H32N4O2. The van der Waals surface area contributed by atoms with Crippen LogP contribution in [0.5, 0.6) is 0 Å². The number of anilines is 1. The van der Waals surface area contributed by atoms with Crippen molar-refractivity contribution in [3.05, 3.63) is 41.7 Å². The first-order chi connectivity index (χ1) is 16.3. The van der Waals surface area contributed by atoms with E-state index in [-0.39, 0.29) is 13.2 Å². The molecular weight excluding hydrogens is 412 g/mol. The molecule has 1 saturated heterocycles. The zero-order valence-corrected chi connectivity index (χ0v) is 19.1. The monoisotopic (exact) mass is 444 g/mol. The van der Waals surface area contributed by atoms with Gasteiger partial charge in [0.2, 0.25) is 0 Å². The number of nitrogens with zero attached hydrogens (tertiary/aromatic N) is 4. The summed E-state index contributed by atoms with van der Waals surface area (Å²) in [6.45, 7) is 1.95. The Morgan fingerprint density at radius 2 is 1.91 bits per heavy atom. The summed E-state index contributed by atoms with van der Waals surface area (Å²) in [6, 6.07) is 9.38. The number of aliphatic hydroxyl groups excluding tert-OH is 2. The standard InChI is InChI=1S/C27H32N4O2/c32-15-18-9-11-30(14-18)26-13-22(27-21(8-10-28-27)23(26)16-33)19-6-7-25-24(12-19)29-17-31(25)20-4-2-1-3-5-20/h6-7,10,12-13,17-18,20,32-33H,1-5,8-9,11,14-16H2/t18-/m0/s1. The second-order valence-electron chi connectivity index (χ2n) is 9.85. The first-order valence-electron chi connectivity index (χ1n) is 12.4. The van der Waals surface area contributed by atoms with E-state index < -0.39 is 0 Å². The predicted octanol–water partition coefficient (Wildman–Crippen LogP) is 4.78. The quantitative estimate of drug-likeness (QED) is 0.594. The molecule has 0 bridgehead atoms. The van der Waals surface area contributed by atoms with E-state index in [1.807, 2.05) is 12.5 Å². The highest BCUT2D eigenvalue weighted by atomic mass is 16.3.